The van der Waals surface area contributed by atoms with E-state index in [9.17, 15) is 13.6 Å². The zero-order valence-electron chi connectivity index (χ0n) is 15.6. The molecule has 4 rings (SSSR count). The highest BCUT2D eigenvalue weighted by molar-refractivity contribution is 5.95. The van der Waals surface area contributed by atoms with Crippen LogP contribution in [0.4, 0.5) is 20.4 Å². The standard InChI is InChI=1S/C19H20F2N6O/c1-12(28)23-16-10-14-13(11-22-16)18(26-8-3-4-9-26)25-27(14)17-7-5-6-15(24-17)19(2,20)21/h5-7,10-11H,3-4,8-9H2,1-2H3,(H,22,23,28). The van der Waals surface area contributed by atoms with Gasteiger partial charge in [0.1, 0.15) is 11.5 Å². The summed E-state index contributed by atoms with van der Waals surface area (Å²) in [6.07, 6.45) is 3.79. The molecule has 0 radical (unpaired) electrons. The number of carbonyl (C=O) groups excluding carboxylic acids is 1. The smallest absolute Gasteiger partial charge is 0.287 e. The Hall–Kier alpha value is -3.10. The van der Waals surface area contributed by atoms with Crippen molar-refractivity contribution in [2.45, 2.75) is 32.6 Å². The number of alkyl halides is 2. The Morgan fingerprint density at radius 3 is 2.68 bits per heavy atom. The summed E-state index contributed by atoms with van der Waals surface area (Å²) in [4.78, 5) is 22.0. The molecule has 1 fully saturated rings. The van der Waals surface area contributed by atoms with E-state index in [2.05, 4.69) is 25.3 Å². The number of anilines is 2. The first-order chi connectivity index (χ1) is 13.3. The van der Waals surface area contributed by atoms with E-state index in [1.165, 1.54) is 23.7 Å². The molecule has 4 heterocycles. The maximum absolute atomic E-state index is 13.8. The summed E-state index contributed by atoms with van der Waals surface area (Å²) < 4.78 is 29.1. The largest absolute Gasteiger partial charge is 0.355 e. The van der Waals surface area contributed by atoms with Crippen LogP contribution in [0, 0.1) is 0 Å². The number of rotatable bonds is 4. The van der Waals surface area contributed by atoms with Gasteiger partial charge >= 0.3 is 0 Å². The predicted molar refractivity (Wildman–Crippen MR) is 102 cm³/mol. The number of hydrogen-bond donors (Lipinski definition) is 1. The summed E-state index contributed by atoms with van der Waals surface area (Å²) in [6, 6.07) is 6.14. The van der Waals surface area contributed by atoms with E-state index in [0.717, 1.165) is 44.1 Å². The number of nitrogens with one attached hydrogen (secondary N) is 1. The second-order valence-electron chi connectivity index (χ2n) is 6.97. The fourth-order valence-corrected chi connectivity index (χ4v) is 3.37. The van der Waals surface area contributed by atoms with Gasteiger partial charge < -0.3 is 10.2 Å². The number of amides is 1. The maximum Gasteiger partial charge on any atom is 0.287 e. The molecular weight excluding hydrogens is 366 g/mol. The SMILES string of the molecule is CC(=O)Nc1cc2c(cn1)c(N1CCCC1)nn2-c1cccc(C(C)(F)F)n1. The number of fused-ring (bicyclic) bond motifs is 1. The number of nitrogens with zero attached hydrogens (tertiary/aromatic N) is 5. The van der Waals surface area contributed by atoms with Crippen LogP contribution >= 0.6 is 0 Å². The highest BCUT2D eigenvalue weighted by atomic mass is 19.3. The molecular formula is C19H20F2N6O. The average molecular weight is 386 g/mol. The molecule has 7 nitrogen and oxygen atoms in total. The second kappa shape index (κ2) is 6.81. The first-order valence-corrected chi connectivity index (χ1v) is 9.10. The Labute approximate surface area is 160 Å². The lowest BCUT2D eigenvalue weighted by molar-refractivity contribution is -0.114. The Bertz CT molecular complexity index is 1040. The van der Waals surface area contributed by atoms with Gasteiger partial charge in [-0.2, -0.15) is 8.78 Å². The van der Waals surface area contributed by atoms with Crippen molar-refractivity contribution in [3.05, 3.63) is 36.2 Å². The summed E-state index contributed by atoms with van der Waals surface area (Å²) >= 11 is 0. The van der Waals surface area contributed by atoms with Crippen LogP contribution in [0.15, 0.2) is 30.5 Å². The van der Waals surface area contributed by atoms with Crippen LogP contribution < -0.4 is 10.2 Å². The average Bonchev–Trinajstić information content (AvgIpc) is 3.28. The van der Waals surface area contributed by atoms with Crippen LogP contribution in [-0.4, -0.2) is 38.7 Å². The molecule has 1 saturated heterocycles. The number of halogens is 2. The Morgan fingerprint density at radius 1 is 1.25 bits per heavy atom. The lowest BCUT2D eigenvalue weighted by Crippen LogP contribution is -2.18. The van der Waals surface area contributed by atoms with E-state index in [0.29, 0.717) is 11.3 Å². The van der Waals surface area contributed by atoms with Gasteiger partial charge in [-0.1, -0.05) is 6.07 Å². The molecule has 0 aromatic carbocycles. The first-order valence-electron chi connectivity index (χ1n) is 9.10. The van der Waals surface area contributed by atoms with Gasteiger partial charge in [0, 0.05) is 39.2 Å². The van der Waals surface area contributed by atoms with Crippen molar-refractivity contribution in [1.29, 1.82) is 0 Å². The fraction of sp³-hybridized carbons (Fsp3) is 0.368. The van der Waals surface area contributed by atoms with Crippen molar-refractivity contribution in [2.75, 3.05) is 23.3 Å². The van der Waals surface area contributed by atoms with E-state index in [-0.39, 0.29) is 17.4 Å². The van der Waals surface area contributed by atoms with Gasteiger partial charge in [-0.3, -0.25) is 4.79 Å². The molecule has 1 amide bonds. The summed E-state index contributed by atoms with van der Waals surface area (Å²) in [5.41, 5.74) is 0.317. The number of carbonyl (C=O) groups is 1. The predicted octanol–water partition coefficient (Wildman–Crippen LogP) is 3.49. The topological polar surface area (TPSA) is 75.9 Å². The van der Waals surface area contributed by atoms with Crippen molar-refractivity contribution < 1.29 is 13.6 Å². The minimum absolute atomic E-state index is 0.247. The highest BCUT2D eigenvalue weighted by Crippen LogP contribution is 2.32. The number of hydrogen-bond acceptors (Lipinski definition) is 5. The molecule has 9 heteroatoms. The number of aromatic nitrogens is 4. The third-order valence-corrected chi connectivity index (χ3v) is 4.66. The van der Waals surface area contributed by atoms with Gasteiger partial charge in [-0.15, -0.1) is 5.10 Å². The van der Waals surface area contributed by atoms with Crippen LogP contribution in [0.5, 0.6) is 0 Å². The molecule has 1 N–H and O–H groups in total. The zero-order valence-corrected chi connectivity index (χ0v) is 15.6. The molecule has 146 valence electrons. The van der Waals surface area contributed by atoms with Crippen molar-refractivity contribution in [1.82, 2.24) is 19.7 Å². The lowest BCUT2D eigenvalue weighted by atomic mass is 10.2. The van der Waals surface area contributed by atoms with E-state index in [4.69, 9.17) is 0 Å². The van der Waals surface area contributed by atoms with Gasteiger partial charge in [-0.25, -0.2) is 14.6 Å². The molecule has 0 saturated carbocycles. The summed E-state index contributed by atoms with van der Waals surface area (Å²) in [7, 11) is 0. The fourth-order valence-electron chi connectivity index (χ4n) is 3.37. The van der Waals surface area contributed by atoms with Gasteiger partial charge in [0.2, 0.25) is 5.91 Å². The van der Waals surface area contributed by atoms with E-state index >= 15 is 0 Å². The Balaban J connectivity index is 1.89. The first kappa shape index (κ1) is 18.3. The molecule has 28 heavy (non-hydrogen) atoms. The van der Waals surface area contributed by atoms with Gasteiger partial charge in [0.05, 0.1) is 10.9 Å². The molecule has 1 aliphatic rings. The third kappa shape index (κ3) is 3.39. The monoisotopic (exact) mass is 386 g/mol. The molecule has 0 atom stereocenters. The zero-order chi connectivity index (χ0) is 19.9. The molecule has 0 spiro atoms. The summed E-state index contributed by atoms with van der Waals surface area (Å²) in [5.74, 6) is -1.91. The van der Waals surface area contributed by atoms with E-state index < -0.39 is 5.92 Å². The highest BCUT2D eigenvalue weighted by Gasteiger charge is 2.27. The molecule has 0 bridgehead atoms. The Kier molecular flexibility index (Phi) is 4.44. The summed E-state index contributed by atoms with van der Waals surface area (Å²) in [6.45, 7) is 3.96. The van der Waals surface area contributed by atoms with Crippen LogP contribution in [0.1, 0.15) is 32.4 Å². The molecule has 0 aliphatic carbocycles. The van der Waals surface area contributed by atoms with Crippen LogP contribution in [-0.2, 0) is 10.7 Å². The van der Waals surface area contributed by atoms with Crippen LogP contribution in [0.25, 0.3) is 16.7 Å². The molecule has 1 aliphatic heterocycles. The second-order valence-corrected chi connectivity index (χ2v) is 6.97. The Morgan fingerprint density at radius 2 is 2.00 bits per heavy atom. The lowest BCUT2D eigenvalue weighted by Gasteiger charge is -2.14. The van der Waals surface area contributed by atoms with Crippen LogP contribution in [0.3, 0.4) is 0 Å². The quantitative estimate of drug-likeness (QED) is 0.743. The van der Waals surface area contributed by atoms with Gasteiger partial charge in [-0.05, 0) is 25.0 Å². The third-order valence-electron chi connectivity index (χ3n) is 4.66. The summed E-state index contributed by atoms with van der Waals surface area (Å²) in [5, 5.41) is 8.10. The van der Waals surface area contributed by atoms with Crippen molar-refractivity contribution in [3.8, 4) is 5.82 Å². The maximum atomic E-state index is 13.8. The van der Waals surface area contributed by atoms with Crippen molar-refractivity contribution in [3.63, 3.8) is 0 Å². The van der Waals surface area contributed by atoms with Crippen molar-refractivity contribution >= 4 is 28.4 Å². The number of pyridine rings is 2. The van der Waals surface area contributed by atoms with Gasteiger partial charge in [0.25, 0.3) is 5.92 Å². The van der Waals surface area contributed by atoms with Crippen LogP contribution in [0.2, 0.25) is 0 Å². The van der Waals surface area contributed by atoms with E-state index in [1.807, 2.05) is 0 Å². The molecule has 3 aromatic heterocycles. The molecule has 3 aromatic rings. The van der Waals surface area contributed by atoms with Gasteiger partial charge in [0.15, 0.2) is 11.6 Å². The molecule has 0 unspecified atom stereocenters. The van der Waals surface area contributed by atoms with Crippen molar-refractivity contribution in [2.24, 2.45) is 0 Å². The minimum Gasteiger partial charge on any atom is -0.355 e. The normalized spacial score (nSPS) is 14.6. The minimum atomic E-state index is -3.06. The van der Waals surface area contributed by atoms with E-state index in [1.54, 1.807) is 18.3 Å².